The van der Waals surface area contributed by atoms with Crippen LogP contribution in [-0.4, -0.2) is 112 Å². The highest BCUT2D eigenvalue weighted by Crippen LogP contribution is 2.42. The van der Waals surface area contributed by atoms with Gasteiger partial charge in [0.25, 0.3) is 0 Å². The van der Waals surface area contributed by atoms with Crippen molar-refractivity contribution in [3.8, 4) is 11.5 Å². The predicted octanol–water partition coefficient (Wildman–Crippen LogP) is 5.73. The van der Waals surface area contributed by atoms with Crippen LogP contribution in [0.4, 0.5) is 11.4 Å². The number of allylic oxidation sites excluding steroid dienone is 2. The largest absolute Gasteiger partial charge is 0.507 e. The zero-order valence-corrected chi connectivity index (χ0v) is 41.3. The van der Waals surface area contributed by atoms with E-state index in [9.17, 15) is 39.6 Å². The zero-order valence-electron chi connectivity index (χ0n) is 41.3. The number of aromatic nitrogens is 1. The number of carbonyl (C=O) groups is 2. The molecule has 372 valence electrons. The van der Waals surface area contributed by atoms with Crippen molar-refractivity contribution in [1.82, 2.24) is 9.88 Å². The summed E-state index contributed by atoms with van der Waals surface area (Å²) in [6.07, 6.45) is 3.85. The van der Waals surface area contributed by atoms with Crippen molar-refractivity contribution in [3.63, 3.8) is 0 Å². The van der Waals surface area contributed by atoms with Crippen LogP contribution in [0.25, 0.3) is 38.7 Å². The van der Waals surface area contributed by atoms with E-state index in [0.717, 1.165) is 19.6 Å². The number of methoxy groups -OCH3 is 1. The van der Waals surface area contributed by atoms with Gasteiger partial charge in [-0.05, 0) is 25.8 Å². The number of hydrogen-bond acceptors (Lipinski definition) is 16. The number of piperazine rings is 1. The van der Waals surface area contributed by atoms with Crippen molar-refractivity contribution in [3.05, 3.63) is 79.5 Å². The molecule has 0 saturated carbocycles. The molecule has 3 aliphatic rings. The number of hydrogen-bond donors (Lipinski definition) is 5. The Hall–Kier alpha value is -6.01. The molecule has 17 nitrogen and oxygen atoms in total. The van der Waals surface area contributed by atoms with Gasteiger partial charge in [-0.15, -0.1) is 0 Å². The Balaban J connectivity index is 1.43. The molecular weight excluding hydrogens is 889 g/mol. The van der Waals surface area contributed by atoms with Gasteiger partial charge < -0.3 is 54.0 Å². The molecule has 1 fully saturated rings. The fraction of sp³-hybridized carbons (Fsp3) is 0.519. The normalized spacial score (nSPS) is 29.4. The van der Waals surface area contributed by atoms with Crippen LogP contribution in [0.2, 0.25) is 0 Å². The van der Waals surface area contributed by atoms with E-state index >= 15 is 0 Å². The maximum absolute atomic E-state index is 14.9. The number of nitrogens with one attached hydrogen (secondary N) is 1. The fourth-order valence-corrected chi connectivity index (χ4v) is 9.99. The minimum atomic E-state index is -1.98. The molecule has 0 aliphatic carbocycles. The van der Waals surface area contributed by atoms with Crippen molar-refractivity contribution >= 4 is 62.0 Å². The molecule has 4 aromatic rings. The van der Waals surface area contributed by atoms with Gasteiger partial charge in [-0.1, -0.05) is 65.3 Å². The van der Waals surface area contributed by atoms with E-state index in [4.69, 9.17) is 28.3 Å². The average molecular weight is 955 g/mol. The van der Waals surface area contributed by atoms with Crippen molar-refractivity contribution in [1.29, 1.82) is 0 Å². The van der Waals surface area contributed by atoms with Gasteiger partial charge in [0.05, 0.1) is 35.2 Å². The number of fused-ring (bicyclic) bond motifs is 2. The number of carbonyl (C=O) groups excluding carboxylic acids is 2. The highest BCUT2D eigenvalue weighted by molar-refractivity contribution is 6.15. The number of nitrogens with zero attached hydrogens (tertiary/aromatic N) is 3. The number of rotatable bonds is 5. The van der Waals surface area contributed by atoms with Crippen molar-refractivity contribution < 1.29 is 53.4 Å². The molecule has 0 unspecified atom stereocenters. The van der Waals surface area contributed by atoms with Crippen LogP contribution in [-0.2, 0) is 23.8 Å². The number of aliphatic hydroxyl groups excluding tert-OH is 3. The van der Waals surface area contributed by atoms with E-state index in [-0.39, 0.29) is 61.6 Å². The first-order valence-electron chi connectivity index (χ1n) is 23.6. The lowest BCUT2D eigenvalue weighted by atomic mass is 9.78. The molecule has 9 atom stereocenters. The van der Waals surface area contributed by atoms with E-state index in [0.29, 0.717) is 30.3 Å². The number of phenolic OH excluding ortho intramolecular Hbond substituents is 1. The molecule has 7 rings (SSSR count). The number of esters is 1. The zero-order chi connectivity index (χ0) is 50.4. The third kappa shape index (κ3) is 9.92. The topological polar surface area (TPSA) is 231 Å². The van der Waals surface area contributed by atoms with Crippen molar-refractivity contribution in [2.45, 2.75) is 106 Å². The van der Waals surface area contributed by atoms with Gasteiger partial charge in [0.1, 0.15) is 28.8 Å². The highest BCUT2D eigenvalue weighted by atomic mass is 16.7. The summed E-state index contributed by atoms with van der Waals surface area (Å²) in [4.78, 5) is 64.6. The monoisotopic (exact) mass is 954 g/mol. The Morgan fingerprint density at radius 3 is 2.30 bits per heavy atom. The second-order valence-electron chi connectivity index (χ2n) is 19.7. The molecule has 4 heterocycles. The number of benzene rings is 3. The Kier molecular flexibility index (Phi) is 14.8. The standard InChI is InChI=1S/C52H66N4O13/c1-25(2)24-55-16-18-56(19-17-55)33-22-34(58)41-36(23-33)68-50-42(54-41)38-39-46(62)31(8)49-40(38)51(64)52(10,69-49)66-20-15-35(65-11)28(5)48(67-32(9)57)30(7)45(61)29(6)44(60)27(4)14-12-13-26(3)21-37(59)53-43(50)47(39)63/h12-15,20,22-23,25,27-30,35,44-45,48,60-62,64H,16-19,21,24H2,1-11H3,(H,53,59)/b14-12+,20-15+,26-13-/t27-,28+,29+,30+,35-,44-,45+,48+,52-/m0/s1. The summed E-state index contributed by atoms with van der Waals surface area (Å²) in [5, 5.41) is 49.4. The van der Waals surface area contributed by atoms with Crippen LogP contribution < -0.4 is 31.0 Å². The summed E-state index contributed by atoms with van der Waals surface area (Å²) in [6, 6.07) is 3.17. The van der Waals surface area contributed by atoms with E-state index in [1.165, 1.54) is 46.3 Å². The molecule has 5 N–H and O–H groups in total. The van der Waals surface area contributed by atoms with Gasteiger partial charge in [-0.3, -0.25) is 24.1 Å². The number of ether oxygens (including phenoxy) is 4. The maximum atomic E-state index is 14.9. The lowest BCUT2D eigenvalue weighted by Crippen LogP contribution is -2.47. The Morgan fingerprint density at radius 1 is 0.957 bits per heavy atom. The number of phenols is 1. The summed E-state index contributed by atoms with van der Waals surface area (Å²) in [5.41, 5.74) is -0.777. The first-order chi connectivity index (χ1) is 32.6. The Labute approximate surface area is 400 Å². The van der Waals surface area contributed by atoms with Gasteiger partial charge in [-0.25, -0.2) is 4.98 Å². The number of amides is 1. The Bertz CT molecular complexity index is 2920. The first kappa shape index (κ1) is 50.9. The second kappa shape index (κ2) is 20.1. The van der Waals surface area contributed by atoms with E-state index in [1.54, 1.807) is 58.9 Å². The summed E-state index contributed by atoms with van der Waals surface area (Å²) in [6.45, 7) is 21.1. The van der Waals surface area contributed by atoms with E-state index < -0.39 is 88.1 Å². The molecule has 69 heavy (non-hydrogen) atoms. The third-order valence-electron chi connectivity index (χ3n) is 13.9. The molecule has 1 aromatic heterocycles. The molecule has 0 radical (unpaired) electrons. The van der Waals surface area contributed by atoms with Crippen LogP contribution in [0.1, 0.15) is 74.3 Å². The van der Waals surface area contributed by atoms with Crippen LogP contribution in [0.3, 0.4) is 0 Å². The quantitative estimate of drug-likeness (QED) is 0.0914. The Morgan fingerprint density at radius 2 is 1.65 bits per heavy atom. The number of anilines is 2. The van der Waals surface area contributed by atoms with Gasteiger partial charge in [0.15, 0.2) is 22.4 Å². The minimum Gasteiger partial charge on any atom is -0.507 e. The van der Waals surface area contributed by atoms with Crippen LogP contribution in [0.5, 0.6) is 11.5 Å². The summed E-state index contributed by atoms with van der Waals surface area (Å²) >= 11 is 0. The lowest BCUT2D eigenvalue weighted by molar-refractivity contribution is -0.160. The summed E-state index contributed by atoms with van der Waals surface area (Å²) < 4.78 is 30.6. The molecule has 3 aromatic carbocycles. The number of aliphatic hydroxyl groups is 3. The average Bonchev–Trinajstić information content (AvgIpc) is 3.56. The summed E-state index contributed by atoms with van der Waals surface area (Å²) in [7, 11) is 1.45. The fourth-order valence-electron chi connectivity index (χ4n) is 9.99. The molecule has 1 amide bonds. The number of aromatic hydroxyl groups is 1. The van der Waals surface area contributed by atoms with E-state index in [2.05, 4.69) is 29.0 Å². The van der Waals surface area contributed by atoms with Crippen molar-refractivity contribution in [2.75, 3.05) is 50.1 Å². The molecule has 17 heteroatoms. The molecular formula is C52H66N4O13. The first-order valence-corrected chi connectivity index (χ1v) is 23.6. The van der Waals surface area contributed by atoms with Gasteiger partial charge in [-0.2, -0.15) is 0 Å². The van der Waals surface area contributed by atoms with Crippen LogP contribution >= 0.6 is 0 Å². The SMILES string of the molecule is CO[C@H]1/C=C/O[C@@]2(C)Oc3c(C)c(O)c4c(=O)c(c5oc6cc(N7CCN(CC(C)C)CC7)cc(=O)c6nc5c4c3=C2O)NC(=O)C/C(C)=C\C=C\[C@H](C)[C@H](O)[C@@H](C)[C@@H](O)[C@@H](C)[C@H](OC(C)=O)[C@@H]1C. The second-order valence-corrected chi connectivity index (χ2v) is 19.7. The highest BCUT2D eigenvalue weighted by Gasteiger charge is 2.44. The predicted molar refractivity (Wildman–Crippen MR) is 263 cm³/mol. The van der Waals surface area contributed by atoms with Gasteiger partial charge >= 0.3 is 11.8 Å². The third-order valence-corrected chi connectivity index (χ3v) is 13.9. The smallest absolute Gasteiger partial charge is 0.307 e. The molecule has 1 saturated heterocycles. The summed E-state index contributed by atoms with van der Waals surface area (Å²) in [5.74, 6) is -6.18. The maximum Gasteiger partial charge on any atom is 0.307 e. The molecule has 0 spiro atoms. The lowest BCUT2D eigenvalue weighted by Gasteiger charge is -2.38. The van der Waals surface area contributed by atoms with Gasteiger partial charge in [0.2, 0.25) is 16.8 Å². The molecule has 3 aliphatic heterocycles. The molecule has 4 bridgehead atoms. The minimum absolute atomic E-state index is 0.0441. The van der Waals surface area contributed by atoms with Crippen molar-refractivity contribution in [2.24, 2.45) is 29.6 Å². The van der Waals surface area contributed by atoms with Crippen LogP contribution in [0.15, 0.2) is 62.3 Å². The van der Waals surface area contributed by atoms with Gasteiger partial charge in [0, 0.05) is 113 Å². The van der Waals surface area contributed by atoms with Crippen LogP contribution in [0, 0.1) is 36.5 Å². The van der Waals surface area contributed by atoms with E-state index in [1.807, 2.05) is 0 Å².